The minimum absolute atomic E-state index is 0.0199. The van der Waals surface area contributed by atoms with Crippen LogP contribution in [0.25, 0.3) is 0 Å². The smallest absolute Gasteiger partial charge is 0.410 e. The van der Waals surface area contributed by atoms with Crippen molar-refractivity contribution in [1.29, 1.82) is 0 Å². The van der Waals surface area contributed by atoms with Gasteiger partial charge in [-0.05, 0) is 41.8 Å². The third kappa shape index (κ3) is 7.66. The molecule has 13 nitrogen and oxygen atoms in total. The molecule has 0 radical (unpaired) electrons. The van der Waals surface area contributed by atoms with Gasteiger partial charge in [0.15, 0.2) is 0 Å². The van der Waals surface area contributed by atoms with E-state index in [2.05, 4.69) is 22.9 Å². The van der Waals surface area contributed by atoms with Gasteiger partial charge in [-0.2, -0.15) is 12.6 Å². The second-order valence-electron chi connectivity index (χ2n) is 8.88. The lowest BCUT2D eigenvalue weighted by Gasteiger charge is -2.22. The molecule has 1 aliphatic rings. The lowest BCUT2D eigenvalue weighted by Crippen LogP contribution is -2.32. The number of nitro benzene ring substituents is 2. The average Bonchev–Trinajstić information content (AvgIpc) is 3.57. The van der Waals surface area contributed by atoms with Crippen LogP contribution in [0.3, 0.4) is 0 Å². The van der Waals surface area contributed by atoms with E-state index < -0.39 is 22.0 Å². The van der Waals surface area contributed by atoms with Gasteiger partial charge in [0.1, 0.15) is 13.2 Å². The Morgan fingerprint density at radius 3 is 2.15 bits per heavy atom. The molecule has 0 unspecified atom stereocenters. The SMILES string of the molecule is O=C(NCCc1nc([C@@H]2C[C@H](S)CN2C(=O)OCc2ccc([N+](=O)[O-])cc2)cs1)OCc1ccc([N+](=O)[O-])cc1. The van der Waals surface area contributed by atoms with Gasteiger partial charge < -0.3 is 14.8 Å². The lowest BCUT2D eigenvalue weighted by atomic mass is 10.1. The number of amides is 2. The number of carbonyl (C=O) groups is 2. The van der Waals surface area contributed by atoms with Crippen LogP contribution in [0.1, 0.15) is 34.3 Å². The second kappa shape index (κ2) is 13.2. The topological polar surface area (TPSA) is 167 Å². The summed E-state index contributed by atoms with van der Waals surface area (Å²) in [5, 5.41) is 26.8. The summed E-state index contributed by atoms with van der Waals surface area (Å²) in [5.74, 6) is 0. The van der Waals surface area contributed by atoms with Crippen molar-refractivity contribution in [2.75, 3.05) is 13.1 Å². The first-order valence-corrected chi connectivity index (χ1v) is 13.5. The van der Waals surface area contributed by atoms with Crippen molar-refractivity contribution in [1.82, 2.24) is 15.2 Å². The summed E-state index contributed by atoms with van der Waals surface area (Å²) >= 11 is 5.95. The Morgan fingerprint density at radius 2 is 1.57 bits per heavy atom. The Hall–Kier alpha value is -4.24. The van der Waals surface area contributed by atoms with Crippen LogP contribution in [0.15, 0.2) is 53.9 Å². The Bertz CT molecular complexity index is 1370. The summed E-state index contributed by atoms with van der Waals surface area (Å²) in [5.41, 5.74) is 1.89. The first kappa shape index (κ1) is 28.8. The Kier molecular flexibility index (Phi) is 9.50. The summed E-state index contributed by atoms with van der Waals surface area (Å²) in [7, 11) is 0. The number of hydrogen-bond donors (Lipinski definition) is 2. The Balaban J connectivity index is 1.23. The molecule has 0 bridgehead atoms. The van der Waals surface area contributed by atoms with Gasteiger partial charge >= 0.3 is 12.2 Å². The summed E-state index contributed by atoms with van der Waals surface area (Å²) in [6.45, 7) is 0.633. The summed E-state index contributed by atoms with van der Waals surface area (Å²) in [6, 6.07) is 11.2. The molecule has 0 spiro atoms. The van der Waals surface area contributed by atoms with E-state index >= 15 is 0 Å². The Labute approximate surface area is 237 Å². The van der Waals surface area contributed by atoms with Gasteiger partial charge in [-0.1, -0.05) is 0 Å². The standard InChI is InChI=1S/C25H25N5O8S2/c31-24(37-13-16-1-5-18(6-2-16)29(33)34)26-10-9-23-27-21(15-40-23)22-11-20(39)12-28(22)25(32)38-14-17-3-7-19(8-4-17)30(35)36/h1-8,15,20,22,39H,9-14H2,(H,26,31)/t20-,22-/m0/s1. The van der Waals surface area contributed by atoms with Crippen molar-refractivity contribution in [3.05, 3.63) is 96.0 Å². The molecule has 15 heteroatoms. The normalized spacial score (nSPS) is 16.4. The molecule has 2 amide bonds. The zero-order valence-corrected chi connectivity index (χ0v) is 22.7. The van der Waals surface area contributed by atoms with Gasteiger partial charge in [-0.15, -0.1) is 11.3 Å². The highest BCUT2D eigenvalue weighted by Gasteiger charge is 2.37. The van der Waals surface area contributed by atoms with E-state index in [0.717, 1.165) is 5.01 Å². The van der Waals surface area contributed by atoms with E-state index in [1.54, 1.807) is 17.0 Å². The fraction of sp³-hybridized carbons (Fsp3) is 0.320. The molecule has 1 fully saturated rings. The van der Waals surface area contributed by atoms with Crippen molar-refractivity contribution in [2.45, 2.75) is 37.3 Å². The number of ether oxygens (including phenoxy) is 2. The third-order valence-corrected chi connectivity index (χ3v) is 7.36. The fourth-order valence-corrected chi connectivity index (χ4v) is 5.24. The van der Waals surface area contributed by atoms with Crippen LogP contribution >= 0.6 is 24.0 Å². The van der Waals surface area contributed by atoms with Crippen LogP contribution < -0.4 is 5.32 Å². The molecule has 2 atom stereocenters. The zero-order valence-electron chi connectivity index (χ0n) is 21.0. The monoisotopic (exact) mass is 587 g/mol. The molecule has 1 aliphatic heterocycles. The van der Waals surface area contributed by atoms with Gasteiger partial charge in [0.2, 0.25) is 0 Å². The molecule has 4 rings (SSSR count). The maximum atomic E-state index is 12.8. The molecule has 0 saturated carbocycles. The van der Waals surface area contributed by atoms with Gasteiger partial charge in [-0.25, -0.2) is 14.6 Å². The molecule has 3 aromatic rings. The number of aromatic nitrogens is 1. The first-order chi connectivity index (χ1) is 19.2. The quantitative estimate of drug-likeness (QED) is 0.192. The number of benzene rings is 2. The van der Waals surface area contributed by atoms with Crippen LogP contribution in [0.2, 0.25) is 0 Å². The minimum Gasteiger partial charge on any atom is -0.445 e. The minimum atomic E-state index is -0.620. The van der Waals surface area contributed by atoms with Gasteiger partial charge in [0, 0.05) is 54.4 Å². The van der Waals surface area contributed by atoms with E-state index in [0.29, 0.717) is 36.2 Å². The van der Waals surface area contributed by atoms with Crippen LogP contribution in [-0.4, -0.2) is 50.3 Å². The highest BCUT2D eigenvalue weighted by molar-refractivity contribution is 7.81. The highest BCUT2D eigenvalue weighted by atomic mass is 32.1. The number of nitro groups is 2. The fourth-order valence-electron chi connectivity index (χ4n) is 4.02. The molecule has 1 saturated heterocycles. The lowest BCUT2D eigenvalue weighted by molar-refractivity contribution is -0.385. The zero-order chi connectivity index (χ0) is 28.6. The number of rotatable bonds is 10. The van der Waals surface area contributed by atoms with Gasteiger partial charge in [0.25, 0.3) is 11.4 Å². The number of thiol groups is 1. The van der Waals surface area contributed by atoms with Crippen molar-refractivity contribution in [3.63, 3.8) is 0 Å². The van der Waals surface area contributed by atoms with Crippen molar-refractivity contribution < 1.29 is 28.9 Å². The molecule has 0 aliphatic carbocycles. The van der Waals surface area contributed by atoms with Gasteiger partial charge in [0.05, 0.1) is 26.6 Å². The van der Waals surface area contributed by atoms with Crippen LogP contribution in [0, 0.1) is 20.2 Å². The number of hydrogen-bond acceptors (Lipinski definition) is 11. The molecule has 2 aromatic carbocycles. The largest absolute Gasteiger partial charge is 0.445 e. The third-order valence-electron chi connectivity index (χ3n) is 6.06. The summed E-state index contributed by atoms with van der Waals surface area (Å²) in [4.78, 5) is 51.6. The van der Waals surface area contributed by atoms with Crippen LogP contribution in [0.5, 0.6) is 0 Å². The molecule has 40 heavy (non-hydrogen) atoms. The summed E-state index contributed by atoms with van der Waals surface area (Å²) in [6.07, 6.45) is -0.0805. The predicted molar refractivity (Wildman–Crippen MR) is 147 cm³/mol. The summed E-state index contributed by atoms with van der Waals surface area (Å²) < 4.78 is 10.6. The molecule has 1 aromatic heterocycles. The van der Waals surface area contributed by atoms with Crippen molar-refractivity contribution >= 4 is 47.5 Å². The first-order valence-electron chi connectivity index (χ1n) is 12.1. The predicted octanol–water partition coefficient (Wildman–Crippen LogP) is 4.81. The van der Waals surface area contributed by atoms with E-state index in [1.807, 2.05) is 5.38 Å². The van der Waals surface area contributed by atoms with E-state index in [9.17, 15) is 29.8 Å². The Morgan fingerprint density at radius 1 is 1.00 bits per heavy atom. The van der Waals surface area contributed by atoms with Crippen LogP contribution in [-0.2, 0) is 29.1 Å². The second-order valence-corrected chi connectivity index (χ2v) is 10.6. The number of thiazole rings is 1. The van der Waals surface area contributed by atoms with Gasteiger partial charge in [-0.3, -0.25) is 25.1 Å². The molecule has 2 heterocycles. The maximum absolute atomic E-state index is 12.8. The van der Waals surface area contributed by atoms with E-state index in [1.165, 1.54) is 47.7 Å². The molecule has 1 N–H and O–H groups in total. The molecule has 210 valence electrons. The number of carbonyl (C=O) groups excluding carboxylic acids is 2. The van der Waals surface area contributed by atoms with Crippen molar-refractivity contribution in [2.24, 2.45) is 0 Å². The highest BCUT2D eigenvalue weighted by Crippen LogP contribution is 2.35. The number of nitrogens with zero attached hydrogens (tertiary/aromatic N) is 4. The van der Waals surface area contributed by atoms with E-state index in [-0.39, 0.29) is 42.4 Å². The maximum Gasteiger partial charge on any atom is 0.410 e. The van der Waals surface area contributed by atoms with E-state index in [4.69, 9.17) is 9.47 Å². The molecular formula is C25H25N5O8S2. The number of nitrogens with one attached hydrogen (secondary N) is 1. The number of non-ortho nitro benzene ring substituents is 2. The number of alkyl carbamates (subject to hydrolysis) is 1. The molecular weight excluding hydrogens is 562 g/mol. The number of likely N-dealkylation sites (tertiary alicyclic amines) is 1. The van der Waals surface area contributed by atoms with Crippen molar-refractivity contribution in [3.8, 4) is 0 Å². The van der Waals surface area contributed by atoms with Crippen LogP contribution in [0.4, 0.5) is 21.0 Å². The average molecular weight is 588 g/mol.